The minimum absolute atomic E-state index is 0.109. The van der Waals surface area contributed by atoms with Crippen molar-refractivity contribution in [1.82, 2.24) is 20.5 Å². The maximum atomic E-state index is 11.0. The topological polar surface area (TPSA) is 70.7 Å². The number of nitrogens with one attached hydrogen (secondary N) is 2. The maximum Gasteiger partial charge on any atom is 0.247 e. The molecule has 0 aromatic carbocycles. The van der Waals surface area contributed by atoms with Crippen LogP contribution in [0.3, 0.4) is 0 Å². The standard InChI is InChI=1S/C12H16N4OS/c1-8(2)5-13-7-11-15-16-12(18-11)9-3-4-10(17)14-6-9/h3-4,6,8,13H,5,7H2,1-2H3,(H,14,17). The predicted molar refractivity (Wildman–Crippen MR) is 72.5 cm³/mol. The summed E-state index contributed by atoms with van der Waals surface area (Å²) < 4.78 is 0. The molecule has 0 saturated heterocycles. The van der Waals surface area contributed by atoms with Crippen LogP contribution in [-0.2, 0) is 6.54 Å². The summed E-state index contributed by atoms with van der Waals surface area (Å²) in [5.74, 6) is 0.622. The fraction of sp³-hybridized carbons (Fsp3) is 0.417. The van der Waals surface area contributed by atoms with Crippen LogP contribution >= 0.6 is 11.3 Å². The van der Waals surface area contributed by atoms with Crippen molar-refractivity contribution in [2.24, 2.45) is 5.92 Å². The Labute approximate surface area is 109 Å². The van der Waals surface area contributed by atoms with Crippen molar-refractivity contribution in [2.45, 2.75) is 20.4 Å². The molecule has 0 saturated carbocycles. The van der Waals surface area contributed by atoms with E-state index in [1.54, 1.807) is 12.3 Å². The lowest BCUT2D eigenvalue weighted by Gasteiger charge is -2.03. The monoisotopic (exact) mass is 264 g/mol. The minimum Gasteiger partial charge on any atom is -0.328 e. The fourth-order valence-corrected chi connectivity index (χ4v) is 2.26. The summed E-state index contributed by atoms with van der Waals surface area (Å²) in [5.41, 5.74) is 0.782. The average Bonchev–Trinajstić information content (AvgIpc) is 2.78. The van der Waals surface area contributed by atoms with Crippen molar-refractivity contribution in [3.63, 3.8) is 0 Å². The Morgan fingerprint density at radius 1 is 1.39 bits per heavy atom. The minimum atomic E-state index is -0.109. The van der Waals surface area contributed by atoms with E-state index >= 15 is 0 Å². The Bertz CT molecular complexity index is 541. The van der Waals surface area contributed by atoms with Crippen molar-refractivity contribution < 1.29 is 0 Å². The highest BCUT2D eigenvalue weighted by molar-refractivity contribution is 7.14. The molecular formula is C12H16N4OS. The zero-order valence-electron chi connectivity index (χ0n) is 10.4. The number of hydrogen-bond acceptors (Lipinski definition) is 5. The van der Waals surface area contributed by atoms with Gasteiger partial charge >= 0.3 is 0 Å². The second kappa shape index (κ2) is 5.88. The third-order valence-corrected chi connectivity index (χ3v) is 3.30. The van der Waals surface area contributed by atoms with Crippen LogP contribution in [0.5, 0.6) is 0 Å². The summed E-state index contributed by atoms with van der Waals surface area (Å²) in [6.45, 7) is 6.03. The molecule has 0 fully saturated rings. The van der Waals surface area contributed by atoms with E-state index in [0.717, 1.165) is 28.7 Å². The largest absolute Gasteiger partial charge is 0.328 e. The molecular weight excluding hydrogens is 248 g/mol. The lowest BCUT2D eigenvalue weighted by molar-refractivity contribution is 0.550. The number of pyridine rings is 1. The van der Waals surface area contributed by atoms with Crippen LogP contribution in [0.25, 0.3) is 10.6 Å². The highest BCUT2D eigenvalue weighted by Gasteiger charge is 2.06. The Balaban J connectivity index is 2.01. The molecule has 6 heteroatoms. The summed E-state index contributed by atoms with van der Waals surface area (Å²) in [5, 5.41) is 13.4. The van der Waals surface area contributed by atoms with Crippen LogP contribution in [0.4, 0.5) is 0 Å². The first-order valence-corrected chi connectivity index (χ1v) is 6.69. The van der Waals surface area contributed by atoms with Gasteiger partial charge in [0.25, 0.3) is 0 Å². The molecule has 5 nitrogen and oxygen atoms in total. The lowest BCUT2D eigenvalue weighted by Crippen LogP contribution is -2.18. The third-order valence-electron chi connectivity index (χ3n) is 2.33. The molecule has 96 valence electrons. The molecule has 2 N–H and O–H groups in total. The average molecular weight is 264 g/mol. The van der Waals surface area contributed by atoms with Crippen LogP contribution in [-0.4, -0.2) is 21.7 Å². The Hall–Kier alpha value is -1.53. The first-order chi connectivity index (χ1) is 8.65. The smallest absolute Gasteiger partial charge is 0.247 e. The van der Waals surface area contributed by atoms with E-state index in [1.807, 2.05) is 0 Å². The van der Waals surface area contributed by atoms with E-state index in [1.165, 1.54) is 17.4 Å². The number of aromatic amines is 1. The normalized spacial score (nSPS) is 11.1. The molecule has 0 atom stereocenters. The van der Waals surface area contributed by atoms with Gasteiger partial charge in [0, 0.05) is 24.4 Å². The number of nitrogens with zero attached hydrogens (tertiary/aromatic N) is 2. The van der Waals surface area contributed by atoms with Crippen molar-refractivity contribution >= 4 is 11.3 Å². The van der Waals surface area contributed by atoms with Gasteiger partial charge in [-0.05, 0) is 18.5 Å². The first-order valence-electron chi connectivity index (χ1n) is 5.87. The molecule has 2 aromatic heterocycles. The summed E-state index contributed by atoms with van der Waals surface area (Å²) in [4.78, 5) is 13.6. The number of hydrogen-bond donors (Lipinski definition) is 2. The molecule has 0 radical (unpaired) electrons. The summed E-state index contributed by atoms with van der Waals surface area (Å²) >= 11 is 1.54. The van der Waals surface area contributed by atoms with E-state index in [2.05, 4.69) is 34.3 Å². The van der Waals surface area contributed by atoms with Crippen molar-refractivity contribution in [3.8, 4) is 10.6 Å². The molecule has 0 bridgehead atoms. The van der Waals surface area contributed by atoms with Gasteiger partial charge in [-0.3, -0.25) is 4.79 Å². The highest BCUT2D eigenvalue weighted by Crippen LogP contribution is 2.21. The van der Waals surface area contributed by atoms with Gasteiger partial charge in [-0.15, -0.1) is 10.2 Å². The zero-order chi connectivity index (χ0) is 13.0. The van der Waals surface area contributed by atoms with Crippen molar-refractivity contribution in [3.05, 3.63) is 33.7 Å². The molecule has 2 rings (SSSR count). The molecule has 0 unspecified atom stereocenters. The SMILES string of the molecule is CC(C)CNCc1nnc(-c2ccc(=O)[nH]c2)s1. The molecule has 0 aliphatic carbocycles. The first kappa shape index (κ1) is 12.9. The van der Waals surface area contributed by atoms with Gasteiger partial charge in [-0.1, -0.05) is 25.2 Å². The van der Waals surface area contributed by atoms with Gasteiger partial charge in [-0.25, -0.2) is 0 Å². The molecule has 2 aromatic rings. The molecule has 0 amide bonds. The Morgan fingerprint density at radius 3 is 2.89 bits per heavy atom. The predicted octanol–water partition coefficient (Wildman–Crippen LogP) is 1.64. The molecule has 0 aliphatic heterocycles. The molecule has 0 spiro atoms. The third kappa shape index (κ3) is 3.48. The van der Waals surface area contributed by atoms with Crippen LogP contribution in [0.15, 0.2) is 23.1 Å². The Kier molecular flexibility index (Phi) is 4.22. The lowest BCUT2D eigenvalue weighted by atomic mass is 10.2. The fourth-order valence-electron chi connectivity index (χ4n) is 1.45. The highest BCUT2D eigenvalue weighted by atomic mass is 32.1. The van der Waals surface area contributed by atoms with E-state index in [-0.39, 0.29) is 5.56 Å². The number of H-pyrrole nitrogens is 1. The zero-order valence-corrected chi connectivity index (χ0v) is 11.3. The van der Waals surface area contributed by atoms with E-state index in [4.69, 9.17) is 0 Å². The second-order valence-electron chi connectivity index (χ2n) is 4.47. The summed E-state index contributed by atoms with van der Waals surface area (Å²) in [7, 11) is 0. The van der Waals surface area contributed by atoms with Crippen LogP contribution < -0.4 is 10.9 Å². The van der Waals surface area contributed by atoms with Gasteiger partial charge < -0.3 is 10.3 Å². The van der Waals surface area contributed by atoms with Crippen molar-refractivity contribution in [2.75, 3.05) is 6.54 Å². The van der Waals surface area contributed by atoms with Gasteiger partial charge in [0.1, 0.15) is 10.0 Å². The summed E-state index contributed by atoms with van der Waals surface area (Å²) in [6.07, 6.45) is 1.66. The molecule has 2 heterocycles. The number of rotatable bonds is 5. The van der Waals surface area contributed by atoms with Crippen LogP contribution in [0.2, 0.25) is 0 Å². The maximum absolute atomic E-state index is 11.0. The van der Waals surface area contributed by atoms with E-state index < -0.39 is 0 Å². The quantitative estimate of drug-likeness (QED) is 0.861. The van der Waals surface area contributed by atoms with Crippen LogP contribution in [0, 0.1) is 5.92 Å². The van der Waals surface area contributed by atoms with Crippen LogP contribution in [0.1, 0.15) is 18.9 Å². The number of aromatic nitrogens is 3. The molecule has 0 aliphatic rings. The van der Waals surface area contributed by atoms with E-state index in [0.29, 0.717) is 5.92 Å². The second-order valence-corrected chi connectivity index (χ2v) is 5.53. The van der Waals surface area contributed by atoms with E-state index in [9.17, 15) is 4.79 Å². The van der Waals surface area contributed by atoms with Gasteiger partial charge in [-0.2, -0.15) is 0 Å². The van der Waals surface area contributed by atoms with Crippen molar-refractivity contribution in [1.29, 1.82) is 0 Å². The molecule has 18 heavy (non-hydrogen) atoms. The van der Waals surface area contributed by atoms with Gasteiger partial charge in [0.2, 0.25) is 5.56 Å². The summed E-state index contributed by atoms with van der Waals surface area (Å²) in [6, 6.07) is 3.25. The van der Waals surface area contributed by atoms with Gasteiger partial charge in [0.05, 0.1) is 0 Å². The Morgan fingerprint density at radius 2 is 2.22 bits per heavy atom. The van der Waals surface area contributed by atoms with Gasteiger partial charge in [0.15, 0.2) is 0 Å².